The zero-order valence-electron chi connectivity index (χ0n) is 11.2. The highest BCUT2D eigenvalue weighted by atomic mass is 16.3. The minimum atomic E-state index is -0.910. The molecule has 6 heteroatoms. The van der Waals surface area contributed by atoms with E-state index in [1.807, 2.05) is 19.1 Å². The SMILES string of the molecule is Cc1ccc(C(=O)NCC(=O)N2CC(O)C(O)C2)cc1. The zero-order chi connectivity index (χ0) is 14.7. The lowest BCUT2D eigenvalue weighted by atomic mass is 10.1. The maximum atomic E-state index is 11.8. The van der Waals surface area contributed by atoms with Crippen LogP contribution >= 0.6 is 0 Å². The van der Waals surface area contributed by atoms with Gasteiger partial charge in [-0.3, -0.25) is 9.59 Å². The highest BCUT2D eigenvalue weighted by Crippen LogP contribution is 2.09. The van der Waals surface area contributed by atoms with Crippen LogP contribution < -0.4 is 5.32 Å². The molecule has 2 unspecified atom stereocenters. The molecule has 0 radical (unpaired) electrons. The van der Waals surface area contributed by atoms with Gasteiger partial charge in [0, 0.05) is 18.7 Å². The quantitative estimate of drug-likeness (QED) is 0.681. The summed E-state index contributed by atoms with van der Waals surface area (Å²) in [7, 11) is 0. The molecule has 1 aliphatic rings. The number of aliphatic hydroxyl groups excluding tert-OH is 2. The van der Waals surface area contributed by atoms with Crippen molar-refractivity contribution in [3.63, 3.8) is 0 Å². The summed E-state index contributed by atoms with van der Waals surface area (Å²) in [5, 5.41) is 21.3. The van der Waals surface area contributed by atoms with E-state index < -0.39 is 12.2 Å². The Morgan fingerprint density at radius 3 is 2.30 bits per heavy atom. The van der Waals surface area contributed by atoms with Crippen LogP contribution in [0, 0.1) is 6.92 Å². The largest absolute Gasteiger partial charge is 0.388 e. The van der Waals surface area contributed by atoms with E-state index in [4.69, 9.17) is 0 Å². The fourth-order valence-electron chi connectivity index (χ4n) is 2.05. The fraction of sp³-hybridized carbons (Fsp3) is 0.429. The topological polar surface area (TPSA) is 89.9 Å². The molecule has 6 nitrogen and oxygen atoms in total. The number of hydrogen-bond acceptors (Lipinski definition) is 4. The molecule has 1 saturated heterocycles. The predicted molar refractivity (Wildman–Crippen MR) is 72.1 cm³/mol. The molecule has 1 fully saturated rings. The molecule has 2 amide bonds. The molecule has 1 aliphatic heterocycles. The predicted octanol–water partition coefficient (Wildman–Crippen LogP) is -0.711. The van der Waals surface area contributed by atoms with Crippen molar-refractivity contribution in [1.82, 2.24) is 10.2 Å². The van der Waals surface area contributed by atoms with Crippen LogP contribution in [-0.2, 0) is 4.79 Å². The first-order valence-corrected chi connectivity index (χ1v) is 6.46. The number of β-amino-alcohol motifs (C(OH)–C–C–N with tert-alkyl or cyclic N) is 2. The number of aliphatic hydroxyl groups is 2. The monoisotopic (exact) mass is 278 g/mol. The number of likely N-dealkylation sites (tertiary alicyclic amines) is 1. The molecule has 0 aliphatic carbocycles. The van der Waals surface area contributed by atoms with E-state index in [9.17, 15) is 19.8 Å². The number of nitrogens with zero attached hydrogens (tertiary/aromatic N) is 1. The number of aryl methyl sites for hydroxylation is 1. The summed E-state index contributed by atoms with van der Waals surface area (Å²) in [5.41, 5.74) is 1.54. The van der Waals surface area contributed by atoms with Gasteiger partial charge in [-0.1, -0.05) is 17.7 Å². The third kappa shape index (κ3) is 3.34. The molecule has 108 valence electrons. The highest BCUT2D eigenvalue weighted by molar-refractivity contribution is 5.96. The first-order chi connectivity index (χ1) is 9.47. The van der Waals surface area contributed by atoms with Gasteiger partial charge in [-0.05, 0) is 19.1 Å². The molecule has 20 heavy (non-hydrogen) atoms. The van der Waals surface area contributed by atoms with Gasteiger partial charge in [-0.2, -0.15) is 0 Å². The van der Waals surface area contributed by atoms with E-state index in [1.165, 1.54) is 4.90 Å². The van der Waals surface area contributed by atoms with Gasteiger partial charge >= 0.3 is 0 Å². The Morgan fingerprint density at radius 1 is 1.20 bits per heavy atom. The third-order valence-electron chi connectivity index (χ3n) is 3.33. The Kier molecular flexibility index (Phi) is 4.36. The minimum Gasteiger partial charge on any atom is -0.388 e. The van der Waals surface area contributed by atoms with Crippen molar-refractivity contribution in [2.45, 2.75) is 19.1 Å². The Morgan fingerprint density at radius 2 is 1.75 bits per heavy atom. The second-order valence-corrected chi connectivity index (χ2v) is 4.98. The van der Waals surface area contributed by atoms with Crippen molar-refractivity contribution in [1.29, 1.82) is 0 Å². The number of amides is 2. The molecular formula is C14H18N2O4. The molecule has 3 N–H and O–H groups in total. The summed E-state index contributed by atoms with van der Waals surface area (Å²) >= 11 is 0. The van der Waals surface area contributed by atoms with E-state index >= 15 is 0 Å². The van der Waals surface area contributed by atoms with Crippen molar-refractivity contribution >= 4 is 11.8 Å². The van der Waals surface area contributed by atoms with Gasteiger partial charge in [0.1, 0.15) is 0 Å². The van der Waals surface area contributed by atoms with Gasteiger partial charge in [-0.15, -0.1) is 0 Å². The Labute approximate surface area is 117 Å². The van der Waals surface area contributed by atoms with Gasteiger partial charge in [-0.25, -0.2) is 0 Å². The van der Waals surface area contributed by atoms with E-state index in [2.05, 4.69) is 5.32 Å². The van der Waals surface area contributed by atoms with Crippen LogP contribution in [0.3, 0.4) is 0 Å². The number of rotatable bonds is 3. The van der Waals surface area contributed by atoms with Gasteiger partial charge in [0.25, 0.3) is 5.91 Å². The number of benzene rings is 1. The average Bonchev–Trinajstić information content (AvgIpc) is 2.76. The third-order valence-corrected chi connectivity index (χ3v) is 3.33. The number of nitrogens with one attached hydrogen (secondary N) is 1. The fourth-order valence-corrected chi connectivity index (χ4v) is 2.05. The normalized spacial score (nSPS) is 21.9. The van der Waals surface area contributed by atoms with E-state index in [0.29, 0.717) is 5.56 Å². The van der Waals surface area contributed by atoms with Gasteiger partial charge in [0.05, 0.1) is 18.8 Å². The van der Waals surface area contributed by atoms with Crippen LogP contribution in [0.15, 0.2) is 24.3 Å². The van der Waals surface area contributed by atoms with E-state index in [0.717, 1.165) is 5.56 Å². The molecule has 0 spiro atoms. The molecular weight excluding hydrogens is 260 g/mol. The van der Waals surface area contributed by atoms with Crippen molar-refractivity contribution < 1.29 is 19.8 Å². The summed E-state index contributed by atoms with van der Waals surface area (Å²) in [6.07, 6.45) is -1.82. The molecule has 0 aromatic heterocycles. The van der Waals surface area contributed by atoms with Crippen LogP contribution in [0.2, 0.25) is 0 Å². The summed E-state index contributed by atoms with van der Waals surface area (Å²) in [6, 6.07) is 7.03. The first kappa shape index (κ1) is 14.5. The Hall–Kier alpha value is -1.92. The van der Waals surface area contributed by atoms with E-state index in [-0.39, 0.29) is 31.4 Å². The highest BCUT2D eigenvalue weighted by Gasteiger charge is 2.32. The first-order valence-electron chi connectivity index (χ1n) is 6.46. The second-order valence-electron chi connectivity index (χ2n) is 4.98. The molecule has 2 atom stereocenters. The van der Waals surface area contributed by atoms with Crippen molar-refractivity contribution in [2.75, 3.05) is 19.6 Å². The molecule has 1 aromatic rings. The van der Waals surface area contributed by atoms with Crippen LogP contribution in [0.5, 0.6) is 0 Å². The maximum absolute atomic E-state index is 11.8. The summed E-state index contributed by atoms with van der Waals surface area (Å²) in [4.78, 5) is 25.0. The smallest absolute Gasteiger partial charge is 0.251 e. The van der Waals surface area contributed by atoms with Crippen LogP contribution in [0.25, 0.3) is 0 Å². The molecule has 1 aromatic carbocycles. The number of carbonyl (C=O) groups is 2. The zero-order valence-corrected chi connectivity index (χ0v) is 11.2. The molecule has 1 heterocycles. The van der Waals surface area contributed by atoms with Crippen LogP contribution in [0.1, 0.15) is 15.9 Å². The van der Waals surface area contributed by atoms with Crippen molar-refractivity contribution in [3.05, 3.63) is 35.4 Å². The summed E-state index contributed by atoms with van der Waals surface area (Å²) < 4.78 is 0. The Bertz CT molecular complexity index is 490. The number of hydrogen-bond donors (Lipinski definition) is 3. The van der Waals surface area contributed by atoms with Crippen LogP contribution in [0.4, 0.5) is 0 Å². The summed E-state index contributed by atoms with van der Waals surface area (Å²) in [6.45, 7) is 1.97. The van der Waals surface area contributed by atoms with Gasteiger partial charge in [0.15, 0.2) is 0 Å². The van der Waals surface area contributed by atoms with Gasteiger partial charge in [0.2, 0.25) is 5.91 Å². The second kappa shape index (κ2) is 6.02. The van der Waals surface area contributed by atoms with Gasteiger partial charge < -0.3 is 20.4 Å². The lowest BCUT2D eigenvalue weighted by molar-refractivity contribution is -0.129. The lowest BCUT2D eigenvalue weighted by Gasteiger charge is -2.15. The molecule has 0 saturated carbocycles. The van der Waals surface area contributed by atoms with Crippen molar-refractivity contribution in [2.24, 2.45) is 0 Å². The minimum absolute atomic E-state index is 0.0976. The van der Waals surface area contributed by atoms with Crippen molar-refractivity contribution in [3.8, 4) is 0 Å². The van der Waals surface area contributed by atoms with Crippen LogP contribution in [-0.4, -0.2) is 58.8 Å². The molecule has 2 rings (SSSR count). The lowest BCUT2D eigenvalue weighted by Crippen LogP contribution is -2.39. The molecule has 0 bridgehead atoms. The Balaban J connectivity index is 1.84. The maximum Gasteiger partial charge on any atom is 0.251 e. The summed E-state index contributed by atoms with van der Waals surface area (Å²) in [5.74, 6) is -0.639. The van der Waals surface area contributed by atoms with E-state index in [1.54, 1.807) is 12.1 Å². The standard InChI is InChI=1S/C14H18N2O4/c1-9-2-4-10(5-3-9)14(20)15-6-13(19)16-7-11(17)12(18)8-16/h2-5,11-12,17-18H,6-8H2,1H3,(H,15,20). The average molecular weight is 278 g/mol. The number of carbonyl (C=O) groups excluding carboxylic acids is 2.